The summed E-state index contributed by atoms with van der Waals surface area (Å²) in [6.45, 7) is 3.51. The predicted octanol–water partition coefficient (Wildman–Crippen LogP) is 3.93. The topological polar surface area (TPSA) is 71.3 Å². The van der Waals surface area contributed by atoms with Crippen LogP contribution in [-0.4, -0.2) is 11.8 Å². The van der Waals surface area contributed by atoms with Crippen LogP contribution in [0.1, 0.15) is 53.1 Å². The fourth-order valence-electron chi connectivity index (χ4n) is 3.55. The fraction of sp³-hybridized carbons (Fsp3) is 0.368. The van der Waals surface area contributed by atoms with Crippen LogP contribution in [0.3, 0.4) is 0 Å². The number of carbonyl (C=O) groups excluding carboxylic acids is 2. The summed E-state index contributed by atoms with van der Waals surface area (Å²) < 4.78 is 6.34. The van der Waals surface area contributed by atoms with Crippen molar-refractivity contribution in [2.24, 2.45) is 0 Å². The minimum absolute atomic E-state index is 0.168. The Hall–Kier alpha value is -2.08. The van der Waals surface area contributed by atoms with Crippen LogP contribution in [-0.2, 0) is 10.2 Å². The van der Waals surface area contributed by atoms with E-state index in [0.717, 1.165) is 35.7 Å². The summed E-state index contributed by atoms with van der Waals surface area (Å²) in [6, 6.07) is 9.50. The summed E-state index contributed by atoms with van der Waals surface area (Å²) in [5, 5.41) is 0. The molecule has 1 aromatic heterocycles. The maximum absolute atomic E-state index is 12.9. The van der Waals surface area contributed by atoms with Gasteiger partial charge in [0.1, 0.15) is 11.5 Å². The maximum atomic E-state index is 12.9. The van der Waals surface area contributed by atoms with E-state index in [1.165, 1.54) is 0 Å². The fourth-order valence-corrected chi connectivity index (χ4v) is 3.82. The number of furan rings is 1. The summed E-state index contributed by atoms with van der Waals surface area (Å²) in [5.41, 5.74) is 5.98. The minimum atomic E-state index is -0.588. The van der Waals surface area contributed by atoms with Gasteiger partial charge in [0.25, 0.3) is 5.91 Å². The monoisotopic (exact) mass is 404 g/mol. The molecule has 0 bridgehead atoms. The Labute approximate surface area is 155 Å². The number of benzene rings is 1. The number of carbonyl (C=O) groups is 2. The Bertz CT molecular complexity index is 790. The number of amides is 2. The molecule has 6 heteroatoms. The number of halogens is 1. The van der Waals surface area contributed by atoms with Crippen LogP contribution < -0.4 is 10.9 Å². The summed E-state index contributed by atoms with van der Waals surface area (Å²) in [5.74, 6) is 0.661. The highest BCUT2D eigenvalue weighted by atomic mass is 79.9. The van der Waals surface area contributed by atoms with Crippen LogP contribution in [0.2, 0.25) is 0 Å². The van der Waals surface area contributed by atoms with Gasteiger partial charge in [-0.05, 0) is 50.5 Å². The molecule has 132 valence electrons. The van der Waals surface area contributed by atoms with Crippen LogP contribution in [0, 0.1) is 13.8 Å². The molecule has 1 saturated carbocycles. The highest BCUT2D eigenvalue weighted by molar-refractivity contribution is 9.10. The van der Waals surface area contributed by atoms with E-state index in [-0.39, 0.29) is 11.8 Å². The SMILES string of the molecule is Cc1cc(C(=O)NNC(=O)C2(c3ccc(Br)cc3)CCCC2)c(C)o1. The van der Waals surface area contributed by atoms with Gasteiger partial charge in [-0.3, -0.25) is 20.4 Å². The third-order valence-electron chi connectivity index (χ3n) is 4.86. The average Bonchev–Trinajstić information content (AvgIpc) is 3.20. The van der Waals surface area contributed by atoms with Gasteiger partial charge in [-0.15, -0.1) is 0 Å². The number of nitrogens with one attached hydrogen (secondary N) is 2. The number of rotatable bonds is 3. The molecule has 0 atom stereocenters. The third kappa shape index (κ3) is 3.49. The second-order valence-electron chi connectivity index (χ2n) is 6.53. The molecule has 1 heterocycles. The van der Waals surface area contributed by atoms with Gasteiger partial charge in [0, 0.05) is 4.47 Å². The van der Waals surface area contributed by atoms with Gasteiger partial charge >= 0.3 is 0 Å². The van der Waals surface area contributed by atoms with Crippen LogP contribution in [0.4, 0.5) is 0 Å². The molecule has 0 unspecified atom stereocenters. The van der Waals surface area contributed by atoms with Crippen molar-refractivity contribution in [1.82, 2.24) is 10.9 Å². The van der Waals surface area contributed by atoms with Crippen molar-refractivity contribution in [3.63, 3.8) is 0 Å². The van der Waals surface area contributed by atoms with Crippen LogP contribution in [0.15, 0.2) is 39.2 Å². The van der Waals surface area contributed by atoms with Gasteiger partial charge in [0.05, 0.1) is 11.0 Å². The van der Waals surface area contributed by atoms with Gasteiger partial charge in [0.2, 0.25) is 5.91 Å². The molecule has 1 aromatic carbocycles. The lowest BCUT2D eigenvalue weighted by Crippen LogP contribution is -2.50. The molecular weight excluding hydrogens is 384 g/mol. The standard InChI is InChI=1S/C19H21BrN2O3/c1-12-11-16(13(2)25-12)17(23)21-22-18(24)19(9-3-4-10-19)14-5-7-15(20)8-6-14/h5-8,11H,3-4,9-10H2,1-2H3,(H,21,23)(H,22,24). The van der Waals surface area contributed by atoms with Gasteiger partial charge in [0.15, 0.2) is 0 Å². The first-order chi connectivity index (χ1) is 11.9. The van der Waals surface area contributed by atoms with E-state index in [0.29, 0.717) is 17.1 Å². The highest BCUT2D eigenvalue weighted by Gasteiger charge is 2.42. The molecule has 0 saturated heterocycles. The lowest BCUT2D eigenvalue weighted by molar-refractivity contribution is -0.127. The van der Waals surface area contributed by atoms with Crippen molar-refractivity contribution < 1.29 is 14.0 Å². The lowest BCUT2D eigenvalue weighted by Gasteiger charge is -2.28. The van der Waals surface area contributed by atoms with Crippen LogP contribution in [0.25, 0.3) is 0 Å². The Kier molecular flexibility index (Phi) is 4.99. The Morgan fingerprint density at radius 2 is 1.72 bits per heavy atom. The molecule has 25 heavy (non-hydrogen) atoms. The van der Waals surface area contributed by atoms with Gasteiger partial charge in [-0.25, -0.2) is 0 Å². The van der Waals surface area contributed by atoms with Crippen molar-refractivity contribution in [2.75, 3.05) is 0 Å². The molecule has 3 rings (SSSR count). The predicted molar refractivity (Wildman–Crippen MR) is 98.1 cm³/mol. The molecule has 2 amide bonds. The summed E-state index contributed by atoms with van der Waals surface area (Å²) in [6.07, 6.45) is 3.55. The molecule has 2 aromatic rings. The second-order valence-corrected chi connectivity index (χ2v) is 7.45. The molecule has 1 fully saturated rings. The van der Waals surface area contributed by atoms with Crippen molar-refractivity contribution in [3.8, 4) is 0 Å². The third-order valence-corrected chi connectivity index (χ3v) is 5.39. The molecule has 0 spiro atoms. The molecular formula is C19H21BrN2O3. The summed E-state index contributed by atoms with van der Waals surface area (Å²) in [7, 11) is 0. The largest absolute Gasteiger partial charge is 0.466 e. The Morgan fingerprint density at radius 3 is 2.28 bits per heavy atom. The second kappa shape index (κ2) is 7.04. The van der Waals surface area contributed by atoms with E-state index >= 15 is 0 Å². The molecule has 5 nitrogen and oxygen atoms in total. The smallest absolute Gasteiger partial charge is 0.273 e. The zero-order valence-corrected chi connectivity index (χ0v) is 15.9. The first-order valence-corrected chi connectivity index (χ1v) is 9.15. The quantitative estimate of drug-likeness (QED) is 0.761. The summed E-state index contributed by atoms with van der Waals surface area (Å²) >= 11 is 3.43. The van der Waals surface area contributed by atoms with Crippen molar-refractivity contribution in [1.29, 1.82) is 0 Å². The number of hydrogen-bond donors (Lipinski definition) is 2. The lowest BCUT2D eigenvalue weighted by atomic mass is 9.78. The van der Waals surface area contributed by atoms with E-state index < -0.39 is 5.41 Å². The highest BCUT2D eigenvalue weighted by Crippen LogP contribution is 2.41. The van der Waals surface area contributed by atoms with Crippen LogP contribution in [0.5, 0.6) is 0 Å². The molecule has 0 radical (unpaired) electrons. The molecule has 1 aliphatic rings. The van der Waals surface area contributed by atoms with Crippen molar-refractivity contribution >= 4 is 27.7 Å². The first kappa shape index (κ1) is 17.7. The summed E-state index contributed by atoms with van der Waals surface area (Å²) in [4.78, 5) is 25.2. The number of hydrazine groups is 1. The number of hydrogen-bond acceptors (Lipinski definition) is 3. The van der Waals surface area contributed by atoms with Crippen LogP contribution >= 0.6 is 15.9 Å². The van der Waals surface area contributed by atoms with Gasteiger partial charge < -0.3 is 4.42 Å². The molecule has 2 N–H and O–H groups in total. The van der Waals surface area contributed by atoms with Crippen molar-refractivity contribution in [2.45, 2.75) is 44.9 Å². The van der Waals surface area contributed by atoms with Gasteiger partial charge in [-0.2, -0.15) is 0 Å². The zero-order valence-electron chi connectivity index (χ0n) is 14.3. The van der Waals surface area contributed by atoms with E-state index in [1.807, 2.05) is 24.3 Å². The molecule has 0 aliphatic heterocycles. The van der Waals surface area contributed by atoms with E-state index in [4.69, 9.17) is 4.42 Å². The normalized spacial score (nSPS) is 15.8. The Balaban J connectivity index is 1.75. The first-order valence-electron chi connectivity index (χ1n) is 8.36. The Morgan fingerprint density at radius 1 is 1.08 bits per heavy atom. The van der Waals surface area contributed by atoms with E-state index in [1.54, 1.807) is 19.9 Å². The molecule has 1 aliphatic carbocycles. The van der Waals surface area contributed by atoms with Crippen molar-refractivity contribution in [3.05, 3.63) is 57.5 Å². The van der Waals surface area contributed by atoms with Gasteiger partial charge in [-0.1, -0.05) is 40.9 Å². The van der Waals surface area contributed by atoms with E-state index in [9.17, 15) is 9.59 Å². The zero-order chi connectivity index (χ0) is 18.0. The minimum Gasteiger partial charge on any atom is -0.466 e. The average molecular weight is 405 g/mol. The van der Waals surface area contributed by atoms with E-state index in [2.05, 4.69) is 26.8 Å². The maximum Gasteiger partial charge on any atom is 0.273 e. The number of aryl methyl sites for hydroxylation is 2.